The molecule has 0 aliphatic carbocycles. The fourth-order valence-electron chi connectivity index (χ4n) is 2.24. The zero-order valence-electron chi connectivity index (χ0n) is 8.40. The van der Waals surface area contributed by atoms with Crippen molar-refractivity contribution in [2.75, 3.05) is 13.6 Å². The molecule has 0 amide bonds. The molecule has 1 aromatic rings. The monoisotopic (exact) mass is 175 g/mol. The maximum Gasteiger partial charge on any atom is 0.0133 e. The summed E-state index contributed by atoms with van der Waals surface area (Å²) < 4.78 is 0. The molecule has 0 saturated carbocycles. The molecular formula is C12H17N. The molecule has 1 fully saturated rings. The first-order valence-electron chi connectivity index (χ1n) is 5.04. The summed E-state index contributed by atoms with van der Waals surface area (Å²) in [5.41, 5.74) is 1.50. The number of nitrogens with zero attached hydrogens (tertiary/aromatic N) is 1. The van der Waals surface area contributed by atoms with Crippen molar-refractivity contribution in [1.82, 2.24) is 4.90 Å². The van der Waals surface area contributed by atoms with E-state index in [1.54, 1.807) is 0 Å². The predicted octanol–water partition coefficient (Wildman–Crippen LogP) is 2.49. The van der Waals surface area contributed by atoms with E-state index in [0.29, 0.717) is 6.04 Å². The standard InChI is InChI=1S/C12H17N/c1-10-12(8-9-13(10)2)11-6-4-3-5-7-11/h3-7,10,12H,8-9H2,1-2H3/t10?,12-/m0/s1. The fraction of sp³-hybridized carbons (Fsp3) is 0.500. The predicted molar refractivity (Wildman–Crippen MR) is 55.9 cm³/mol. The van der Waals surface area contributed by atoms with Gasteiger partial charge in [-0.15, -0.1) is 0 Å². The molecule has 1 saturated heterocycles. The highest BCUT2D eigenvalue weighted by Gasteiger charge is 2.28. The molecule has 1 aromatic carbocycles. The van der Waals surface area contributed by atoms with Gasteiger partial charge in [0.05, 0.1) is 0 Å². The Morgan fingerprint density at radius 2 is 1.92 bits per heavy atom. The number of benzene rings is 1. The van der Waals surface area contributed by atoms with Gasteiger partial charge in [0, 0.05) is 12.0 Å². The van der Waals surface area contributed by atoms with Gasteiger partial charge < -0.3 is 4.90 Å². The van der Waals surface area contributed by atoms with Crippen LogP contribution in [-0.2, 0) is 0 Å². The Morgan fingerprint density at radius 3 is 2.46 bits per heavy atom. The van der Waals surface area contributed by atoms with Gasteiger partial charge in [0.1, 0.15) is 0 Å². The first-order chi connectivity index (χ1) is 6.29. The van der Waals surface area contributed by atoms with Crippen molar-refractivity contribution < 1.29 is 0 Å². The van der Waals surface area contributed by atoms with Crippen LogP contribution in [0.2, 0.25) is 0 Å². The quantitative estimate of drug-likeness (QED) is 0.634. The Labute approximate surface area is 80.4 Å². The first kappa shape index (κ1) is 8.76. The van der Waals surface area contributed by atoms with Crippen molar-refractivity contribution in [1.29, 1.82) is 0 Å². The minimum atomic E-state index is 0.697. The zero-order chi connectivity index (χ0) is 9.26. The average Bonchev–Trinajstić information content (AvgIpc) is 2.49. The number of hydrogen-bond acceptors (Lipinski definition) is 1. The summed E-state index contributed by atoms with van der Waals surface area (Å²) in [4.78, 5) is 2.44. The van der Waals surface area contributed by atoms with Crippen molar-refractivity contribution in [3.63, 3.8) is 0 Å². The summed E-state index contributed by atoms with van der Waals surface area (Å²) in [5.74, 6) is 0.742. The molecule has 70 valence electrons. The Bertz CT molecular complexity index is 268. The number of rotatable bonds is 1. The van der Waals surface area contributed by atoms with Gasteiger partial charge in [0.15, 0.2) is 0 Å². The van der Waals surface area contributed by atoms with E-state index in [9.17, 15) is 0 Å². The topological polar surface area (TPSA) is 3.24 Å². The molecular weight excluding hydrogens is 158 g/mol. The fourth-order valence-corrected chi connectivity index (χ4v) is 2.24. The third kappa shape index (κ3) is 1.61. The van der Waals surface area contributed by atoms with Crippen LogP contribution in [0.15, 0.2) is 30.3 Å². The number of likely N-dealkylation sites (tertiary alicyclic amines) is 1. The molecule has 1 aliphatic rings. The highest BCUT2D eigenvalue weighted by atomic mass is 15.1. The van der Waals surface area contributed by atoms with Crippen molar-refractivity contribution in [3.8, 4) is 0 Å². The summed E-state index contributed by atoms with van der Waals surface area (Å²) in [5, 5.41) is 0. The molecule has 0 spiro atoms. The van der Waals surface area contributed by atoms with E-state index in [2.05, 4.69) is 49.2 Å². The SMILES string of the molecule is CC1[C@@H](c2ccccc2)CCN1C. The lowest BCUT2D eigenvalue weighted by molar-refractivity contribution is 0.318. The molecule has 2 rings (SSSR count). The summed E-state index contributed by atoms with van der Waals surface area (Å²) in [6, 6.07) is 11.6. The minimum Gasteiger partial charge on any atom is -0.303 e. The van der Waals surface area contributed by atoms with Crippen LogP contribution in [0.25, 0.3) is 0 Å². The molecule has 0 bridgehead atoms. The maximum absolute atomic E-state index is 2.44. The highest BCUT2D eigenvalue weighted by Crippen LogP contribution is 2.31. The van der Waals surface area contributed by atoms with E-state index < -0.39 is 0 Å². The molecule has 1 heteroatoms. The largest absolute Gasteiger partial charge is 0.303 e. The van der Waals surface area contributed by atoms with E-state index in [1.807, 2.05) is 0 Å². The first-order valence-corrected chi connectivity index (χ1v) is 5.04. The van der Waals surface area contributed by atoms with Crippen LogP contribution >= 0.6 is 0 Å². The lowest BCUT2D eigenvalue weighted by Gasteiger charge is -2.20. The van der Waals surface area contributed by atoms with Crippen LogP contribution < -0.4 is 0 Å². The third-order valence-corrected chi connectivity index (χ3v) is 3.30. The molecule has 0 aromatic heterocycles. The highest BCUT2D eigenvalue weighted by molar-refractivity contribution is 5.22. The van der Waals surface area contributed by atoms with E-state index in [1.165, 1.54) is 18.5 Å². The summed E-state index contributed by atoms with van der Waals surface area (Å²) in [7, 11) is 2.22. The molecule has 0 radical (unpaired) electrons. The van der Waals surface area contributed by atoms with E-state index in [4.69, 9.17) is 0 Å². The van der Waals surface area contributed by atoms with Gasteiger partial charge in [0.25, 0.3) is 0 Å². The van der Waals surface area contributed by atoms with Gasteiger partial charge in [-0.1, -0.05) is 30.3 Å². The molecule has 13 heavy (non-hydrogen) atoms. The minimum absolute atomic E-state index is 0.697. The van der Waals surface area contributed by atoms with Gasteiger partial charge >= 0.3 is 0 Å². The van der Waals surface area contributed by atoms with E-state index in [0.717, 1.165) is 5.92 Å². The molecule has 2 atom stereocenters. The average molecular weight is 175 g/mol. The normalized spacial score (nSPS) is 29.4. The van der Waals surface area contributed by atoms with Gasteiger partial charge in [0.2, 0.25) is 0 Å². The van der Waals surface area contributed by atoms with Crippen LogP contribution in [0.5, 0.6) is 0 Å². The molecule has 0 N–H and O–H groups in total. The van der Waals surface area contributed by atoms with E-state index in [-0.39, 0.29) is 0 Å². The summed E-state index contributed by atoms with van der Waals surface area (Å²) in [6.45, 7) is 3.56. The Morgan fingerprint density at radius 1 is 1.23 bits per heavy atom. The van der Waals surface area contributed by atoms with Crippen molar-refractivity contribution in [3.05, 3.63) is 35.9 Å². The van der Waals surface area contributed by atoms with Crippen LogP contribution in [0, 0.1) is 0 Å². The van der Waals surface area contributed by atoms with Crippen LogP contribution in [0.1, 0.15) is 24.8 Å². The van der Waals surface area contributed by atoms with Gasteiger partial charge in [-0.3, -0.25) is 0 Å². The second-order valence-electron chi connectivity index (χ2n) is 4.03. The second-order valence-corrected chi connectivity index (χ2v) is 4.03. The number of likely N-dealkylation sites (N-methyl/N-ethyl adjacent to an activating group) is 1. The van der Waals surface area contributed by atoms with Crippen LogP contribution in [0.3, 0.4) is 0 Å². The molecule has 1 nitrogen and oxygen atoms in total. The maximum atomic E-state index is 2.44. The van der Waals surface area contributed by atoms with Gasteiger partial charge in [-0.25, -0.2) is 0 Å². The zero-order valence-corrected chi connectivity index (χ0v) is 8.40. The van der Waals surface area contributed by atoms with Gasteiger partial charge in [-0.2, -0.15) is 0 Å². The molecule has 1 heterocycles. The Kier molecular flexibility index (Phi) is 2.36. The Balaban J connectivity index is 2.19. The van der Waals surface area contributed by atoms with Crippen LogP contribution in [-0.4, -0.2) is 24.5 Å². The van der Waals surface area contributed by atoms with E-state index >= 15 is 0 Å². The van der Waals surface area contributed by atoms with Crippen LogP contribution in [0.4, 0.5) is 0 Å². The molecule has 1 aliphatic heterocycles. The van der Waals surface area contributed by atoms with Gasteiger partial charge in [-0.05, 0) is 32.5 Å². The Hall–Kier alpha value is -0.820. The summed E-state index contributed by atoms with van der Waals surface area (Å²) in [6.07, 6.45) is 1.31. The molecule has 1 unspecified atom stereocenters. The third-order valence-electron chi connectivity index (χ3n) is 3.30. The summed E-state index contributed by atoms with van der Waals surface area (Å²) >= 11 is 0. The lowest BCUT2D eigenvalue weighted by Crippen LogP contribution is -2.24. The van der Waals surface area contributed by atoms with Crippen molar-refractivity contribution in [2.45, 2.75) is 25.3 Å². The smallest absolute Gasteiger partial charge is 0.0133 e. The second kappa shape index (κ2) is 3.51. The van der Waals surface area contributed by atoms with Crippen molar-refractivity contribution >= 4 is 0 Å². The lowest BCUT2D eigenvalue weighted by atomic mass is 9.93. The number of hydrogen-bond donors (Lipinski definition) is 0. The van der Waals surface area contributed by atoms with Crippen molar-refractivity contribution in [2.24, 2.45) is 0 Å².